The Morgan fingerprint density at radius 1 is 0.800 bits per heavy atom. The van der Waals surface area contributed by atoms with Crippen molar-refractivity contribution >= 4 is 11.9 Å². The van der Waals surface area contributed by atoms with Crippen molar-refractivity contribution < 1.29 is 19.1 Å². The van der Waals surface area contributed by atoms with E-state index in [0.29, 0.717) is 0 Å². The van der Waals surface area contributed by atoms with Gasteiger partial charge >= 0.3 is 11.9 Å². The van der Waals surface area contributed by atoms with Crippen molar-refractivity contribution in [3.8, 4) is 0 Å². The van der Waals surface area contributed by atoms with Gasteiger partial charge in [0.15, 0.2) is 11.7 Å². The van der Waals surface area contributed by atoms with E-state index in [1.165, 1.54) is 70.6 Å². The molecule has 0 aliphatic carbocycles. The minimum absolute atomic E-state index is 0.216. The summed E-state index contributed by atoms with van der Waals surface area (Å²) >= 11 is 0. The second-order valence-corrected chi connectivity index (χ2v) is 7.89. The number of hydrogen-bond donors (Lipinski definition) is 0. The van der Waals surface area contributed by atoms with E-state index in [9.17, 15) is 9.59 Å². The zero-order valence-electron chi connectivity index (χ0n) is 16.0. The zero-order chi connectivity index (χ0) is 18.0. The summed E-state index contributed by atoms with van der Waals surface area (Å²) in [6.45, 7) is 2.26. The van der Waals surface area contributed by atoms with Gasteiger partial charge in [0.05, 0.1) is 12.8 Å². The van der Waals surface area contributed by atoms with Crippen molar-refractivity contribution in [2.24, 2.45) is 0 Å². The van der Waals surface area contributed by atoms with E-state index in [1.54, 1.807) is 0 Å². The van der Waals surface area contributed by atoms with Gasteiger partial charge in [0.1, 0.15) is 0 Å². The molecule has 0 aromatic rings. The SMILES string of the molecule is CCCCCCCCCCCCCCCC12CC(=O)OC1CC(=O)O2. The van der Waals surface area contributed by atoms with E-state index in [0.717, 1.165) is 19.3 Å². The van der Waals surface area contributed by atoms with Gasteiger partial charge < -0.3 is 9.47 Å². The van der Waals surface area contributed by atoms with Gasteiger partial charge in [-0.25, -0.2) is 0 Å². The van der Waals surface area contributed by atoms with Gasteiger partial charge in [0, 0.05) is 0 Å². The molecule has 4 heteroatoms. The number of hydrogen-bond acceptors (Lipinski definition) is 4. The maximum atomic E-state index is 11.5. The predicted molar refractivity (Wildman–Crippen MR) is 98.2 cm³/mol. The summed E-state index contributed by atoms with van der Waals surface area (Å²) in [6.07, 6.45) is 18.0. The number of esters is 2. The number of unbranched alkanes of at least 4 members (excludes halogenated alkanes) is 12. The molecule has 2 unspecified atom stereocenters. The molecule has 2 saturated heterocycles. The fourth-order valence-corrected chi connectivity index (χ4v) is 4.16. The summed E-state index contributed by atoms with van der Waals surface area (Å²) in [7, 11) is 0. The molecule has 2 rings (SSSR count). The maximum absolute atomic E-state index is 11.5. The van der Waals surface area contributed by atoms with Crippen molar-refractivity contribution in [1.29, 1.82) is 0 Å². The summed E-state index contributed by atoms with van der Waals surface area (Å²) < 4.78 is 10.7. The highest BCUT2D eigenvalue weighted by atomic mass is 16.6. The Bertz CT molecular complexity index is 398. The molecule has 4 nitrogen and oxygen atoms in total. The van der Waals surface area contributed by atoms with E-state index >= 15 is 0 Å². The van der Waals surface area contributed by atoms with Crippen molar-refractivity contribution in [2.45, 2.75) is 121 Å². The van der Waals surface area contributed by atoms with Crippen LogP contribution in [0.1, 0.15) is 110 Å². The van der Waals surface area contributed by atoms with Gasteiger partial charge in [-0.05, 0) is 12.8 Å². The van der Waals surface area contributed by atoms with Crippen LogP contribution in [0.5, 0.6) is 0 Å². The molecule has 2 aliphatic heterocycles. The number of rotatable bonds is 14. The third kappa shape index (κ3) is 6.63. The van der Waals surface area contributed by atoms with Crippen molar-refractivity contribution in [2.75, 3.05) is 0 Å². The third-order valence-corrected chi connectivity index (χ3v) is 5.68. The Kier molecular flexibility index (Phi) is 8.77. The minimum Gasteiger partial charge on any atom is -0.457 e. The van der Waals surface area contributed by atoms with Crippen LogP contribution in [-0.2, 0) is 19.1 Å². The van der Waals surface area contributed by atoms with Crippen LogP contribution >= 0.6 is 0 Å². The molecule has 2 heterocycles. The van der Waals surface area contributed by atoms with E-state index < -0.39 is 5.60 Å². The normalized spacial score (nSPS) is 25.1. The van der Waals surface area contributed by atoms with Gasteiger partial charge in [-0.3, -0.25) is 9.59 Å². The Hall–Kier alpha value is -1.06. The van der Waals surface area contributed by atoms with Gasteiger partial charge in [0.25, 0.3) is 0 Å². The first kappa shape index (κ1) is 20.3. The maximum Gasteiger partial charge on any atom is 0.310 e. The van der Waals surface area contributed by atoms with Crippen LogP contribution < -0.4 is 0 Å². The van der Waals surface area contributed by atoms with Crippen LogP contribution in [0.25, 0.3) is 0 Å². The second kappa shape index (κ2) is 10.8. The van der Waals surface area contributed by atoms with Crippen LogP contribution in [0, 0.1) is 0 Å². The summed E-state index contributed by atoms with van der Waals surface area (Å²) in [5, 5.41) is 0. The molecule has 0 N–H and O–H groups in total. The smallest absolute Gasteiger partial charge is 0.310 e. The van der Waals surface area contributed by atoms with Crippen molar-refractivity contribution in [1.82, 2.24) is 0 Å². The molecule has 0 radical (unpaired) electrons. The molecular formula is C21H36O4. The third-order valence-electron chi connectivity index (χ3n) is 5.68. The van der Waals surface area contributed by atoms with Gasteiger partial charge in [-0.2, -0.15) is 0 Å². The fourth-order valence-electron chi connectivity index (χ4n) is 4.16. The summed E-state index contributed by atoms with van der Waals surface area (Å²) in [5.41, 5.74) is -0.633. The highest BCUT2D eigenvalue weighted by molar-refractivity contribution is 5.81. The van der Waals surface area contributed by atoms with Crippen LogP contribution in [0.4, 0.5) is 0 Å². The van der Waals surface area contributed by atoms with Gasteiger partial charge in [0.2, 0.25) is 0 Å². The Labute approximate surface area is 153 Å². The number of carbonyl (C=O) groups excluding carboxylic acids is 2. The first-order valence-corrected chi connectivity index (χ1v) is 10.6. The van der Waals surface area contributed by atoms with Gasteiger partial charge in [-0.15, -0.1) is 0 Å². The quantitative estimate of drug-likeness (QED) is 0.307. The van der Waals surface area contributed by atoms with E-state index in [4.69, 9.17) is 9.47 Å². The molecule has 0 spiro atoms. The van der Waals surface area contributed by atoms with Crippen molar-refractivity contribution in [3.63, 3.8) is 0 Å². The highest BCUT2D eigenvalue weighted by Crippen LogP contribution is 2.42. The lowest BCUT2D eigenvalue weighted by molar-refractivity contribution is -0.149. The minimum atomic E-state index is -0.633. The molecule has 0 aromatic heterocycles. The standard InChI is InChI=1S/C21H36O4/c1-2-3-4-5-6-7-8-9-10-11-12-13-14-15-21-17-20(23)24-18(21)16-19(22)25-21/h18H,2-17H2,1H3. The molecular weight excluding hydrogens is 316 g/mol. The topological polar surface area (TPSA) is 52.6 Å². The van der Waals surface area contributed by atoms with Crippen LogP contribution in [0.3, 0.4) is 0 Å². The molecule has 2 fully saturated rings. The monoisotopic (exact) mass is 352 g/mol. The molecule has 144 valence electrons. The number of carbonyl (C=O) groups is 2. The Morgan fingerprint density at radius 2 is 1.32 bits per heavy atom. The summed E-state index contributed by atoms with van der Waals surface area (Å²) in [5.74, 6) is -0.431. The van der Waals surface area contributed by atoms with E-state index in [-0.39, 0.29) is 30.9 Å². The van der Waals surface area contributed by atoms with Crippen LogP contribution in [-0.4, -0.2) is 23.6 Å². The average Bonchev–Trinajstić information content (AvgIpc) is 3.02. The van der Waals surface area contributed by atoms with E-state index in [2.05, 4.69) is 6.92 Å². The lowest BCUT2D eigenvalue weighted by Crippen LogP contribution is -2.34. The molecule has 0 amide bonds. The largest absolute Gasteiger partial charge is 0.457 e. The van der Waals surface area contributed by atoms with Crippen LogP contribution in [0.15, 0.2) is 0 Å². The lowest BCUT2D eigenvalue weighted by atomic mass is 9.89. The fraction of sp³-hybridized carbons (Fsp3) is 0.905. The first-order valence-electron chi connectivity index (χ1n) is 10.6. The first-order chi connectivity index (χ1) is 12.2. The molecule has 0 bridgehead atoms. The zero-order valence-corrected chi connectivity index (χ0v) is 16.0. The average molecular weight is 353 g/mol. The second-order valence-electron chi connectivity index (χ2n) is 7.89. The molecule has 0 aromatic carbocycles. The number of ether oxygens (including phenoxy) is 2. The van der Waals surface area contributed by atoms with E-state index in [1.807, 2.05) is 0 Å². The van der Waals surface area contributed by atoms with Gasteiger partial charge in [-0.1, -0.05) is 84.0 Å². The summed E-state index contributed by atoms with van der Waals surface area (Å²) in [4.78, 5) is 23.0. The Morgan fingerprint density at radius 3 is 1.88 bits per heavy atom. The Balaban J connectivity index is 1.42. The molecule has 0 saturated carbocycles. The highest BCUT2D eigenvalue weighted by Gasteiger charge is 2.57. The van der Waals surface area contributed by atoms with Crippen LogP contribution in [0.2, 0.25) is 0 Å². The molecule has 2 atom stereocenters. The lowest BCUT2D eigenvalue weighted by Gasteiger charge is -2.24. The van der Waals surface area contributed by atoms with Crippen molar-refractivity contribution in [3.05, 3.63) is 0 Å². The number of fused-ring (bicyclic) bond motifs is 1. The molecule has 25 heavy (non-hydrogen) atoms. The molecule has 2 aliphatic rings. The summed E-state index contributed by atoms with van der Waals surface area (Å²) in [6, 6.07) is 0. The predicted octanol–water partition coefficient (Wildman–Crippen LogP) is 5.47.